The molecule has 0 aliphatic carbocycles. The van der Waals surface area contributed by atoms with Crippen molar-refractivity contribution in [3.05, 3.63) is 120 Å². The monoisotopic (exact) mass is 597 g/mol. The minimum atomic E-state index is 0. The molecule has 196 valence electrons. The standard InChI is InChI=1S/C32H27N3O2S.BrH/c1-36-27-16-12-24(13-17-27)29-20-31(26-14-18-28(37-2)19-15-26)35(34-29)32-33-30(21-38-32)25-10-8-23(9-11-25)22-6-4-3-5-7-22;/h3-19,21,31H,20H2,1-2H3;1H. The van der Waals surface area contributed by atoms with Crippen molar-refractivity contribution in [2.75, 3.05) is 19.2 Å². The number of aromatic nitrogens is 1. The third-order valence-corrected chi connectivity index (χ3v) is 7.64. The van der Waals surface area contributed by atoms with E-state index in [1.54, 1.807) is 25.6 Å². The molecule has 5 aromatic rings. The van der Waals surface area contributed by atoms with Gasteiger partial charge >= 0.3 is 0 Å². The summed E-state index contributed by atoms with van der Waals surface area (Å²) in [4.78, 5) is 5.02. The van der Waals surface area contributed by atoms with Gasteiger partial charge in [-0.05, 0) is 58.7 Å². The normalized spacial score (nSPS) is 14.5. The minimum Gasteiger partial charge on any atom is -0.497 e. The fourth-order valence-corrected chi connectivity index (χ4v) is 5.53. The van der Waals surface area contributed by atoms with Gasteiger partial charge in [0.25, 0.3) is 0 Å². The van der Waals surface area contributed by atoms with Gasteiger partial charge < -0.3 is 9.47 Å². The molecule has 0 bridgehead atoms. The molecule has 0 radical (unpaired) electrons. The summed E-state index contributed by atoms with van der Waals surface area (Å²) >= 11 is 1.61. The first kappa shape index (κ1) is 26.7. The van der Waals surface area contributed by atoms with Gasteiger partial charge in [0.15, 0.2) is 0 Å². The largest absolute Gasteiger partial charge is 0.497 e. The van der Waals surface area contributed by atoms with Crippen LogP contribution in [-0.2, 0) is 0 Å². The molecule has 1 atom stereocenters. The molecule has 0 fully saturated rings. The number of halogens is 1. The van der Waals surface area contributed by atoms with E-state index in [9.17, 15) is 0 Å². The van der Waals surface area contributed by atoms with Crippen molar-refractivity contribution in [2.45, 2.75) is 12.5 Å². The molecule has 0 saturated carbocycles. The second kappa shape index (κ2) is 11.8. The third-order valence-electron chi connectivity index (χ3n) is 6.81. The lowest BCUT2D eigenvalue weighted by Crippen LogP contribution is -2.18. The van der Waals surface area contributed by atoms with Gasteiger partial charge in [0.05, 0.1) is 31.7 Å². The van der Waals surface area contributed by atoms with Crippen molar-refractivity contribution in [1.82, 2.24) is 4.98 Å². The molecule has 0 N–H and O–H groups in total. The van der Waals surface area contributed by atoms with Crippen LogP contribution < -0.4 is 14.5 Å². The Labute approximate surface area is 243 Å². The summed E-state index contributed by atoms with van der Waals surface area (Å²) in [7, 11) is 3.37. The van der Waals surface area contributed by atoms with Crippen LogP contribution in [0, 0.1) is 0 Å². The maximum Gasteiger partial charge on any atom is 0.207 e. The van der Waals surface area contributed by atoms with Gasteiger partial charge in [-0.1, -0.05) is 66.7 Å². The van der Waals surface area contributed by atoms with Crippen LogP contribution in [0.3, 0.4) is 0 Å². The van der Waals surface area contributed by atoms with Gasteiger partial charge in [-0.2, -0.15) is 5.10 Å². The molecule has 4 aromatic carbocycles. The lowest BCUT2D eigenvalue weighted by Gasteiger charge is -2.21. The first-order valence-corrected chi connectivity index (χ1v) is 13.4. The van der Waals surface area contributed by atoms with E-state index in [1.165, 1.54) is 16.7 Å². The highest BCUT2D eigenvalue weighted by atomic mass is 79.9. The van der Waals surface area contributed by atoms with Crippen LogP contribution >= 0.6 is 28.3 Å². The molecule has 0 saturated heterocycles. The Morgan fingerprint density at radius 1 is 0.692 bits per heavy atom. The molecule has 1 aliphatic rings. The number of benzene rings is 4. The second-order valence-electron chi connectivity index (χ2n) is 9.07. The number of nitrogens with zero attached hydrogens (tertiary/aromatic N) is 3. The van der Waals surface area contributed by atoms with Crippen molar-refractivity contribution in [3.8, 4) is 33.9 Å². The predicted molar refractivity (Wildman–Crippen MR) is 166 cm³/mol. The quantitative estimate of drug-likeness (QED) is 0.189. The van der Waals surface area contributed by atoms with Crippen LogP contribution in [0.5, 0.6) is 11.5 Å². The van der Waals surface area contributed by atoms with Gasteiger partial charge in [-0.15, -0.1) is 28.3 Å². The van der Waals surface area contributed by atoms with Crippen molar-refractivity contribution < 1.29 is 9.47 Å². The second-order valence-corrected chi connectivity index (χ2v) is 9.91. The highest BCUT2D eigenvalue weighted by Crippen LogP contribution is 2.40. The van der Waals surface area contributed by atoms with Crippen molar-refractivity contribution in [1.29, 1.82) is 0 Å². The van der Waals surface area contributed by atoms with Gasteiger partial charge in [-0.3, -0.25) is 0 Å². The third kappa shape index (κ3) is 5.60. The highest BCUT2D eigenvalue weighted by molar-refractivity contribution is 8.93. The van der Waals surface area contributed by atoms with E-state index < -0.39 is 0 Å². The highest BCUT2D eigenvalue weighted by Gasteiger charge is 2.32. The van der Waals surface area contributed by atoms with E-state index in [1.807, 2.05) is 30.3 Å². The molecule has 39 heavy (non-hydrogen) atoms. The van der Waals surface area contributed by atoms with Crippen LogP contribution in [0.2, 0.25) is 0 Å². The summed E-state index contributed by atoms with van der Waals surface area (Å²) in [6.07, 6.45) is 0.777. The Kier molecular flexibility index (Phi) is 8.10. The van der Waals surface area contributed by atoms with Crippen LogP contribution in [-0.4, -0.2) is 24.9 Å². The van der Waals surface area contributed by atoms with Gasteiger partial charge in [0, 0.05) is 17.4 Å². The number of ether oxygens (including phenoxy) is 2. The number of hydrogen-bond donors (Lipinski definition) is 0. The Bertz CT molecular complexity index is 1550. The average Bonchev–Trinajstić information content (AvgIpc) is 3.66. The van der Waals surface area contributed by atoms with Crippen LogP contribution in [0.15, 0.2) is 114 Å². The minimum absolute atomic E-state index is 0. The number of hydrazone groups is 1. The smallest absolute Gasteiger partial charge is 0.207 e. The predicted octanol–water partition coefficient (Wildman–Crippen LogP) is 8.43. The Balaban J connectivity index is 0.00000308. The summed E-state index contributed by atoms with van der Waals surface area (Å²) < 4.78 is 10.7. The Morgan fingerprint density at radius 3 is 1.90 bits per heavy atom. The van der Waals surface area contributed by atoms with E-state index in [0.717, 1.165) is 45.6 Å². The molecule has 0 spiro atoms. The van der Waals surface area contributed by atoms with Crippen LogP contribution in [0.4, 0.5) is 5.13 Å². The topological polar surface area (TPSA) is 47.0 Å². The maximum atomic E-state index is 5.38. The zero-order valence-electron chi connectivity index (χ0n) is 21.7. The molecular formula is C32H28BrN3O2S. The Morgan fingerprint density at radius 2 is 1.26 bits per heavy atom. The first-order chi connectivity index (χ1) is 18.7. The first-order valence-electron chi connectivity index (χ1n) is 12.5. The average molecular weight is 599 g/mol. The lowest BCUT2D eigenvalue weighted by atomic mass is 9.98. The summed E-state index contributed by atoms with van der Waals surface area (Å²) in [5.74, 6) is 1.67. The summed E-state index contributed by atoms with van der Waals surface area (Å²) in [5, 5.41) is 10.1. The van der Waals surface area contributed by atoms with Crippen LogP contribution in [0.1, 0.15) is 23.6 Å². The maximum absolute atomic E-state index is 5.38. The number of anilines is 1. The number of rotatable bonds is 7. The number of methoxy groups -OCH3 is 2. The SMILES string of the molecule is Br.COc1ccc(C2=NN(c3nc(-c4ccc(-c5ccccc5)cc4)cs3)C(c3ccc(OC)cc3)C2)cc1. The van der Waals surface area contributed by atoms with Crippen molar-refractivity contribution in [3.63, 3.8) is 0 Å². The molecule has 7 heteroatoms. The fourth-order valence-electron chi connectivity index (χ4n) is 4.70. The molecule has 6 rings (SSSR count). The number of thiazole rings is 1. The van der Waals surface area contributed by atoms with Gasteiger partial charge in [0.1, 0.15) is 11.5 Å². The van der Waals surface area contributed by atoms with Crippen molar-refractivity contribution in [2.24, 2.45) is 5.10 Å². The molecule has 5 nitrogen and oxygen atoms in total. The van der Waals surface area contributed by atoms with Gasteiger partial charge in [0.2, 0.25) is 5.13 Å². The van der Waals surface area contributed by atoms with E-state index in [0.29, 0.717) is 0 Å². The molecule has 1 aliphatic heterocycles. The van der Waals surface area contributed by atoms with Crippen molar-refractivity contribution >= 4 is 39.2 Å². The zero-order valence-corrected chi connectivity index (χ0v) is 24.2. The molecular weight excluding hydrogens is 570 g/mol. The summed E-state index contributed by atoms with van der Waals surface area (Å²) in [5.41, 5.74) is 7.72. The molecule has 2 heterocycles. The lowest BCUT2D eigenvalue weighted by molar-refractivity contribution is 0.414. The molecule has 0 amide bonds. The summed E-state index contributed by atoms with van der Waals surface area (Å²) in [6, 6.07) is 35.3. The van der Waals surface area contributed by atoms with Crippen LogP contribution in [0.25, 0.3) is 22.4 Å². The van der Waals surface area contributed by atoms with E-state index in [2.05, 4.69) is 83.2 Å². The fraction of sp³-hybridized carbons (Fsp3) is 0.125. The Hall–Kier alpha value is -3.94. The zero-order chi connectivity index (χ0) is 25.9. The summed E-state index contributed by atoms with van der Waals surface area (Å²) in [6.45, 7) is 0. The van der Waals surface area contributed by atoms with E-state index in [-0.39, 0.29) is 23.0 Å². The molecule has 1 aromatic heterocycles. The van der Waals surface area contributed by atoms with E-state index >= 15 is 0 Å². The van der Waals surface area contributed by atoms with Gasteiger partial charge in [-0.25, -0.2) is 9.99 Å². The van der Waals surface area contributed by atoms with E-state index in [4.69, 9.17) is 19.6 Å². The molecule has 1 unspecified atom stereocenters. The number of hydrogen-bond acceptors (Lipinski definition) is 6.